The van der Waals surface area contributed by atoms with Crippen molar-refractivity contribution in [1.29, 1.82) is 0 Å². The summed E-state index contributed by atoms with van der Waals surface area (Å²) in [6.07, 6.45) is 0. The Balaban J connectivity index is 1.36. The van der Waals surface area contributed by atoms with E-state index in [2.05, 4.69) is 146 Å². The number of hydrogen-bond donors (Lipinski definition) is 0. The summed E-state index contributed by atoms with van der Waals surface area (Å²) in [4.78, 5) is 0. The Labute approximate surface area is 246 Å². The van der Waals surface area contributed by atoms with Gasteiger partial charge in [-0.1, -0.05) is 127 Å². The molecule has 0 unspecified atom stereocenters. The zero-order valence-electron chi connectivity index (χ0n) is 22.7. The second-order valence-electron chi connectivity index (χ2n) is 10.8. The number of thiophene rings is 1. The van der Waals surface area contributed by atoms with Crippen molar-refractivity contribution in [2.45, 2.75) is 0 Å². The van der Waals surface area contributed by atoms with Crippen LogP contribution in [0.3, 0.4) is 0 Å². The molecule has 0 atom stereocenters. The molecule has 196 valence electrons. The van der Waals surface area contributed by atoms with E-state index in [4.69, 9.17) is 4.42 Å². The van der Waals surface area contributed by atoms with Crippen molar-refractivity contribution >= 4 is 64.2 Å². The topological polar surface area (TPSA) is 13.1 Å². The van der Waals surface area contributed by atoms with Crippen LogP contribution in [0.1, 0.15) is 0 Å². The van der Waals surface area contributed by atoms with Crippen molar-refractivity contribution in [2.75, 3.05) is 0 Å². The SMILES string of the molecule is c1ccc(-c2ccc(-c3c4ccccc4c(-c4cccc5oc6c7ccccc7sc6c45)c4ccccc34)cc2)cc1. The van der Waals surface area contributed by atoms with E-state index in [1.54, 1.807) is 0 Å². The summed E-state index contributed by atoms with van der Waals surface area (Å²) in [5.74, 6) is 0. The van der Waals surface area contributed by atoms with E-state index in [0.717, 1.165) is 11.2 Å². The summed E-state index contributed by atoms with van der Waals surface area (Å²) in [5.41, 5.74) is 9.36. The number of rotatable bonds is 3. The molecule has 1 nitrogen and oxygen atoms in total. The lowest BCUT2D eigenvalue weighted by atomic mass is 9.85. The molecule has 0 aliphatic rings. The van der Waals surface area contributed by atoms with Gasteiger partial charge in [-0.3, -0.25) is 0 Å². The Morgan fingerprint density at radius 1 is 0.405 bits per heavy atom. The van der Waals surface area contributed by atoms with Gasteiger partial charge in [0.25, 0.3) is 0 Å². The fraction of sp³-hybridized carbons (Fsp3) is 0. The van der Waals surface area contributed by atoms with E-state index in [1.807, 2.05) is 11.3 Å². The van der Waals surface area contributed by atoms with Gasteiger partial charge in [0.05, 0.1) is 4.70 Å². The molecule has 9 aromatic rings. The molecule has 2 heteroatoms. The molecule has 0 bridgehead atoms. The molecule has 0 saturated heterocycles. The van der Waals surface area contributed by atoms with Gasteiger partial charge in [0.2, 0.25) is 0 Å². The van der Waals surface area contributed by atoms with Gasteiger partial charge in [-0.05, 0) is 73.1 Å². The predicted octanol–water partition coefficient (Wildman–Crippen LogP) is 12.1. The van der Waals surface area contributed by atoms with Gasteiger partial charge in [0.15, 0.2) is 5.58 Å². The predicted molar refractivity (Wildman–Crippen MR) is 180 cm³/mol. The van der Waals surface area contributed by atoms with Crippen molar-refractivity contribution < 1.29 is 4.42 Å². The van der Waals surface area contributed by atoms with Gasteiger partial charge in [0.1, 0.15) is 5.58 Å². The van der Waals surface area contributed by atoms with Crippen molar-refractivity contribution in [3.8, 4) is 33.4 Å². The van der Waals surface area contributed by atoms with Crippen LogP contribution >= 0.6 is 11.3 Å². The minimum Gasteiger partial charge on any atom is -0.454 e. The summed E-state index contributed by atoms with van der Waals surface area (Å²) >= 11 is 1.82. The first-order chi connectivity index (χ1) is 20.8. The Bertz CT molecular complexity index is 2390. The molecule has 7 aromatic carbocycles. The molecule has 2 aromatic heterocycles. The van der Waals surface area contributed by atoms with Crippen molar-refractivity contribution in [3.05, 3.63) is 146 Å². The highest BCUT2D eigenvalue weighted by atomic mass is 32.1. The first-order valence-electron chi connectivity index (χ1n) is 14.3. The third-order valence-corrected chi connectivity index (χ3v) is 9.67. The Morgan fingerprint density at radius 2 is 0.952 bits per heavy atom. The van der Waals surface area contributed by atoms with Crippen molar-refractivity contribution in [2.24, 2.45) is 0 Å². The molecule has 0 amide bonds. The van der Waals surface area contributed by atoms with Crippen LogP contribution in [0.4, 0.5) is 0 Å². The quantitative estimate of drug-likeness (QED) is 0.199. The summed E-state index contributed by atoms with van der Waals surface area (Å²) in [7, 11) is 0. The Hall–Kier alpha value is -5.18. The lowest BCUT2D eigenvalue weighted by molar-refractivity contribution is 0.673. The maximum absolute atomic E-state index is 6.54. The average Bonchev–Trinajstić information content (AvgIpc) is 3.60. The van der Waals surface area contributed by atoms with Crippen LogP contribution in [-0.2, 0) is 0 Å². The number of fused-ring (bicyclic) bond motifs is 7. The molecule has 0 saturated carbocycles. The maximum atomic E-state index is 6.54. The van der Waals surface area contributed by atoms with Crippen LogP contribution in [-0.4, -0.2) is 0 Å². The van der Waals surface area contributed by atoms with E-state index < -0.39 is 0 Å². The van der Waals surface area contributed by atoms with Crippen LogP contribution in [0.25, 0.3) is 86.3 Å². The Kier molecular flexibility index (Phi) is 5.13. The second-order valence-corrected chi connectivity index (χ2v) is 11.9. The van der Waals surface area contributed by atoms with Crippen molar-refractivity contribution in [1.82, 2.24) is 0 Å². The molecule has 42 heavy (non-hydrogen) atoms. The highest BCUT2D eigenvalue weighted by Gasteiger charge is 2.21. The molecule has 0 aliphatic carbocycles. The minimum atomic E-state index is 0.938. The first kappa shape index (κ1) is 23.5. The van der Waals surface area contributed by atoms with Gasteiger partial charge >= 0.3 is 0 Å². The molecule has 0 fully saturated rings. The first-order valence-corrected chi connectivity index (χ1v) is 15.1. The van der Waals surface area contributed by atoms with Crippen molar-refractivity contribution in [3.63, 3.8) is 0 Å². The molecule has 2 heterocycles. The average molecular weight is 553 g/mol. The molecule has 9 rings (SSSR count). The fourth-order valence-electron chi connectivity index (χ4n) is 6.65. The summed E-state index contributed by atoms with van der Waals surface area (Å²) in [6.45, 7) is 0. The normalized spacial score (nSPS) is 11.8. The van der Waals surface area contributed by atoms with E-state index in [9.17, 15) is 0 Å². The summed E-state index contributed by atoms with van der Waals surface area (Å²) in [5, 5.41) is 7.40. The molecular weight excluding hydrogens is 529 g/mol. The summed E-state index contributed by atoms with van der Waals surface area (Å²) < 4.78 is 9.02. The van der Waals surface area contributed by atoms with E-state index >= 15 is 0 Å². The standard InChI is InChI=1S/C40H24OS/c1-2-11-25(12-3-1)26-21-23-27(24-22-26)36-28-13-4-6-15-30(28)37(31-16-7-5-14-29(31)36)33-18-10-19-34-38(33)40-39(41-34)32-17-8-9-20-35(32)42-40/h1-24H. The van der Waals surface area contributed by atoms with E-state index in [0.29, 0.717) is 0 Å². The smallest absolute Gasteiger partial charge is 0.154 e. The summed E-state index contributed by atoms with van der Waals surface area (Å²) in [6, 6.07) is 52.4. The Morgan fingerprint density at radius 3 is 1.64 bits per heavy atom. The van der Waals surface area contributed by atoms with Crippen LogP contribution in [0.5, 0.6) is 0 Å². The molecular formula is C40H24OS. The molecule has 0 aliphatic heterocycles. The van der Waals surface area contributed by atoms with Gasteiger partial charge in [-0.25, -0.2) is 0 Å². The van der Waals surface area contributed by atoms with Crippen LogP contribution in [0.2, 0.25) is 0 Å². The van der Waals surface area contributed by atoms with Gasteiger partial charge < -0.3 is 4.42 Å². The third-order valence-electron chi connectivity index (χ3n) is 8.50. The van der Waals surface area contributed by atoms with E-state index in [-0.39, 0.29) is 0 Å². The lowest BCUT2D eigenvalue weighted by Crippen LogP contribution is -1.91. The largest absolute Gasteiger partial charge is 0.454 e. The van der Waals surface area contributed by atoms with Gasteiger partial charge in [-0.2, -0.15) is 0 Å². The second kappa shape index (κ2) is 9.17. The molecule has 0 N–H and O–H groups in total. The molecule has 0 spiro atoms. The van der Waals surface area contributed by atoms with Gasteiger partial charge in [0, 0.05) is 15.5 Å². The lowest BCUT2D eigenvalue weighted by Gasteiger charge is -2.18. The maximum Gasteiger partial charge on any atom is 0.154 e. The minimum absolute atomic E-state index is 0.938. The number of furan rings is 1. The van der Waals surface area contributed by atoms with Crippen LogP contribution in [0, 0.1) is 0 Å². The number of hydrogen-bond acceptors (Lipinski definition) is 2. The monoisotopic (exact) mass is 552 g/mol. The fourth-order valence-corrected chi connectivity index (χ4v) is 7.84. The molecule has 0 radical (unpaired) electrons. The zero-order chi connectivity index (χ0) is 27.6. The highest BCUT2D eigenvalue weighted by Crippen LogP contribution is 2.49. The third kappa shape index (κ3) is 3.43. The number of benzene rings is 7. The van der Waals surface area contributed by atoms with Crippen LogP contribution in [0.15, 0.2) is 150 Å². The van der Waals surface area contributed by atoms with Gasteiger partial charge in [-0.15, -0.1) is 11.3 Å². The van der Waals surface area contributed by atoms with E-state index in [1.165, 1.54) is 75.1 Å². The van der Waals surface area contributed by atoms with Crippen LogP contribution < -0.4 is 0 Å². The highest BCUT2D eigenvalue weighted by molar-refractivity contribution is 7.26. The zero-order valence-corrected chi connectivity index (χ0v) is 23.5.